The van der Waals surface area contributed by atoms with Crippen LogP contribution in [0.1, 0.15) is 11.3 Å². The van der Waals surface area contributed by atoms with Gasteiger partial charge in [-0.15, -0.1) is 0 Å². The van der Waals surface area contributed by atoms with Gasteiger partial charge in [0.2, 0.25) is 0 Å². The van der Waals surface area contributed by atoms with E-state index in [9.17, 15) is 19.4 Å². The molecule has 0 saturated carbocycles. The average molecular weight is 569 g/mol. The number of anilines is 1. The quantitative estimate of drug-likeness (QED) is 0.249. The molecule has 0 aliphatic carbocycles. The molecule has 0 atom stereocenters. The van der Waals surface area contributed by atoms with Gasteiger partial charge in [-0.25, -0.2) is 4.98 Å². The Morgan fingerprint density at radius 1 is 1.00 bits per heavy atom. The zero-order valence-corrected chi connectivity index (χ0v) is 21.5. The largest absolute Gasteiger partial charge is 0.488 e. The van der Waals surface area contributed by atoms with Crippen molar-refractivity contribution in [2.24, 2.45) is 4.99 Å². The predicted molar refractivity (Wildman–Crippen MR) is 140 cm³/mol. The zero-order valence-electron chi connectivity index (χ0n) is 19.9. The van der Waals surface area contributed by atoms with Gasteiger partial charge < -0.3 is 9.30 Å². The average Bonchev–Trinajstić information content (AvgIpc) is 3.53. The molecule has 38 heavy (non-hydrogen) atoms. The first-order valence-electron chi connectivity index (χ1n) is 11.5. The molecule has 1 fully saturated rings. The van der Waals surface area contributed by atoms with Crippen molar-refractivity contribution >= 4 is 49.4 Å². The van der Waals surface area contributed by atoms with Gasteiger partial charge in [0.15, 0.2) is 11.6 Å². The maximum Gasteiger partial charge on any atom is 0.310 e. The Balaban J connectivity index is 1.33. The molecule has 7 nitrogen and oxygen atoms in total. The first-order valence-corrected chi connectivity index (χ1v) is 14.3. The van der Waals surface area contributed by atoms with Crippen LogP contribution in [0.25, 0.3) is 21.8 Å². The molecule has 2 aromatic carbocycles. The van der Waals surface area contributed by atoms with E-state index < -0.39 is 15.1 Å². The molecule has 0 N–H and O–H groups in total. The summed E-state index contributed by atoms with van der Waals surface area (Å²) in [7, 11) is -9.74. The highest BCUT2D eigenvalue weighted by Crippen LogP contribution is 3.02. The molecule has 6 rings (SSSR count). The maximum atomic E-state index is 13.2. The number of hydrazine groups is 1. The summed E-state index contributed by atoms with van der Waals surface area (Å²) in [5.41, 5.74) is 3.07. The van der Waals surface area contributed by atoms with Crippen molar-refractivity contribution in [3.05, 3.63) is 72.1 Å². The first-order chi connectivity index (χ1) is 17.9. The number of aryl methyl sites for hydroxylation is 1. The van der Waals surface area contributed by atoms with Gasteiger partial charge in [0, 0.05) is 17.8 Å². The van der Waals surface area contributed by atoms with Gasteiger partial charge in [-0.2, -0.15) is 4.37 Å². The number of aliphatic imine (C=N–C) groups is 1. The number of hydrogen-bond donors (Lipinski definition) is 0. The second-order valence-corrected chi connectivity index (χ2v) is 12.1. The molecule has 0 bridgehead atoms. The Morgan fingerprint density at radius 3 is 2.50 bits per heavy atom. The molecule has 4 aromatic rings. The highest BCUT2D eigenvalue weighted by Gasteiger charge is 2.65. The fraction of sp³-hybridized carbons (Fsp3) is 0.208. The van der Waals surface area contributed by atoms with E-state index >= 15 is 0 Å². The maximum absolute atomic E-state index is 13.2. The summed E-state index contributed by atoms with van der Waals surface area (Å²) in [5.74, 6) is 1.02. The third-order valence-electron chi connectivity index (χ3n) is 6.28. The Hall–Kier alpha value is -3.65. The molecular formula is C24H21F5N6OS2. The van der Waals surface area contributed by atoms with Gasteiger partial charge in [-0.05, 0) is 60.4 Å². The SMILES string of the molecule is Cc1cn(-c2ccc(/C=C3\OCCN4C3=NCCN4c3ccc(S(F)(F)(F)(F)F)cc3)c3cnsc23)cn1. The molecule has 2 aromatic heterocycles. The molecule has 1 saturated heterocycles. The molecule has 4 heterocycles. The Bertz CT molecular complexity index is 1610. The number of ether oxygens (including phenoxy) is 1. The van der Waals surface area contributed by atoms with Crippen molar-refractivity contribution in [2.75, 3.05) is 31.3 Å². The molecule has 0 spiro atoms. The summed E-state index contributed by atoms with van der Waals surface area (Å²) in [5, 5.41) is 4.46. The van der Waals surface area contributed by atoms with Crippen LogP contribution in [-0.2, 0) is 4.74 Å². The van der Waals surface area contributed by atoms with E-state index in [1.165, 1.54) is 11.5 Å². The summed E-state index contributed by atoms with van der Waals surface area (Å²) < 4.78 is 79.2. The van der Waals surface area contributed by atoms with Gasteiger partial charge in [-0.3, -0.25) is 15.0 Å². The van der Waals surface area contributed by atoms with Crippen LogP contribution in [-0.4, -0.2) is 51.0 Å². The highest BCUT2D eigenvalue weighted by molar-refractivity contribution is 8.45. The number of amidine groups is 1. The fourth-order valence-corrected chi connectivity index (χ4v) is 5.99. The molecular weight excluding hydrogens is 547 g/mol. The van der Waals surface area contributed by atoms with Crippen molar-refractivity contribution in [1.82, 2.24) is 18.9 Å². The second kappa shape index (κ2) is 7.93. The smallest absolute Gasteiger partial charge is 0.310 e. The monoisotopic (exact) mass is 568 g/mol. The van der Waals surface area contributed by atoms with Gasteiger partial charge in [-0.1, -0.05) is 25.5 Å². The van der Waals surface area contributed by atoms with E-state index in [2.05, 4.69) is 14.3 Å². The van der Waals surface area contributed by atoms with E-state index in [1.807, 2.05) is 35.9 Å². The lowest BCUT2D eigenvalue weighted by atomic mass is 10.1. The first kappa shape index (κ1) is 24.7. The number of rotatable bonds is 4. The number of fused-ring (bicyclic) bond motifs is 2. The molecule has 0 amide bonds. The van der Waals surface area contributed by atoms with E-state index in [4.69, 9.17) is 4.74 Å². The lowest BCUT2D eigenvalue weighted by molar-refractivity contribution is 0.160. The van der Waals surface area contributed by atoms with Crippen molar-refractivity contribution in [1.29, 1.82) is 0 Å². The van der Waals surface area contributed by atoms with Crippen molar-refractivity contribution < 1.29 is 24.2 Å². The normalized spacial score (nSPS) is 19.1. The topological polar surface area (TPSA) is 58.8 Å². The van der Waals surface area contributed by atoms with Gasteiger partial charge in [0.25, 0.3) is 0 Å². The zero-order chi connectivity index (χ0) is 26.8. The van der Waals surface area contributed by atoms with Crippen molar-refractivity contribution in [3.8, 4) is 5.69 Å². The van der Waals surface area contributed by atoms with Crippen molar-refractivity contribution in [3.63, 3.8) is 0 Å². The van der Waals surface area contributed by atoms with Gasteiger partial charge in [0.1, 0.15) is 11.5 Å². The molecule has 14 heteroatoms. The van der Waals surface area contributed by atoms with E-state index in [0.717, 1.165) is 39.2 Å². The third-order valence-corrected chi connectivity index (χ3v) is 8.27. The summed E-state index contributed by atoms with van der Waals surface area (Å²) in [6, 6.07) is 6.92. The number of aromatic nitrogens is 3. The third kappa shape index (κ3) is 4.47. The lowest BCUT2D eigenvalue weighted by Crippen LogP contribution is -2.55. The van der Waals surface area contributed by atoms with E-state index in [1.54, 1.807) is 22.5 Å². The minimum absolute atomic E-state index is 0.308. The number of nitrogens with zero attached hydrogens (tertiary/aromatic N) is 6. The standard InChI is InChI=1S/C24H21F5N6OS2/c1-16-14-33(15-31-16)21-7-2-17(20-13-32-37-23(20)21)12-22-24-30-8-9-34(35(24)10-11-36-22)18-3-5-19(6-4-18)38(25,26,27,28)29/h2-7,12-15H,8-11H2,1H3/b22-12-. The minimum atomic E-state index is -9.74. The molecule has 0 unspecified atom stereocenters. The van der Waals surface area contributed by atoms with Crippen LogP contribution in [0.15, 0.2) is 70.8 Å². The molecule has 200 valence electrons. The summed E-state index contributed by atoms with van der Waals surface area (Å²) in [6.07, 6.45) is 7.34. The predicted octanol–water partition coefficient (Wildman–Crippen LogP) is 6.95. The number of benzene rings is 2. The molecule has 2 aliphatic heterocycles. The van der Waals surface area contributed by atoms with Crippen LogP contribution >= 0.6 is 21.8 Å². The van der Waals surface area contributed by atoms with E-state index in [-0.39, 0.29) is 0 Å². The molecule has 2 aliphatic rings. The summed E-state index contributed by atoms with van der Waals surface area (Å²) in [4.78, 5) is 6.99. The van der Waals surface area contributed by atoms with Gasteiger partial charge in [0.05, 0.1) is 47.7 Å². The van der Waals surface area contributed by atoms with Crippen LogP contribution in [0.4, 0.5) is 25.1 Å². The Kier molecular flexibility index (Phi) is 5.15. The Labute approximate surface area is 218 Å². The van der Waals surface area contributed by atoms with Gasteiger partial charge >= 0.3 is 10.2 Å². The number of hydrogen-bond acceptors (Lipinski definition) is 7. The number of imidazole rings is 1. The summed E-state index contributed by atoms with van der Waals surface area (Å²) >= 11 is 1.37. The van der Waals surface area contributed by atoms with Crippen LogP contribution in [0.5, 0.6) is 0 Å². The second-order valence-electron chi connectivity index (χ2n) is 8.94. The van der Waals surface area contributed by atoms with E-state index in [0.29, 0.717) is 55.7 Å². The molecule has 0 radical (unpaired) electrons. The minimum Gasteiger partial charge on any atom is -0.488 e. The number of halogens is 5. The lowest BCUT2D eigenvalue weighted by Gasteiger charge is -2.44. The highest BCUT2D eigenvalue weighted by atomic mass is 32.5. The van der Waals surface area contributed by atoms with Crippen molar-refractivity contribution in [2.45, 2.75) is 11.8 Å². The van der Waals surface area contributed by atoms with Crippen LogP contribution in [0.2, 0.25) is 0 Å². The Morgan fingerprint density at radius 2 is 1.79 bits per heavy atom. The van der Waals surface area contributed by atoms with Crippen LogP contribution < -0.4 is 5.01 Å². The summed E-state index contributed by atoms with van der Waals surface area (Å²) in [6.45, 7) is 3.35. The van der Waals surface area contributed by atoms with Crippen LogP contribution in [0, 0.1) is 6.92 Å². The number of morpholine rings is 1. The van der Waals surface area contributed by atoms with Crippen LogP contribution in [0.3, 0.4) is 0 Å². The fourth-order valence-electron chi connectivity index (χ4n) is 4.54.